The number of fused-ring (bicyclic) bond motifs is 6. The van der Waals surface area contributed by atoms with Gasteiger partial charge < -0.3 is 9.13 Å². The van der Waals surface area contributed by atoms with Crippen molar-refractivity contribution in [2.75, 3.05) is 0 Å². The first-order chi connectivity index (χ1) is 17.7. The zero-order valence-corrected chi connectivity index (χ0v) is 20.7. The van der Waals surface area contributed by atoms with Crippen LogP contribution < -0.4 is 0 Å². The minimum Gasteiger partial charge on any atom is -0.336 e. The highest BCUT2D eigenvalue weighted by atomic mass is 15.0. The molecule has 0 N–H and O–H groups in total. The van der Waals surface area contributed by atoms with Crippen LogP contribution in [-0.2, 0) is 13.1 Å². The molecule has 0 unspecified atom stereocenters. The minimum atomic E-state index is 0.863. The summed E-state index contributed by atoms with van der Waals surface area (Å²) in [5.41, 5.74) is 10.4. The van der Waals surface area contributed by atoms with Crippen molar-refractivity contribution < 1.29 is 0 Å². The number of aryl methyl sites for hydroxylation is 2. The Morgan fingerprint density at radius 3 is 1.28 bits per heavy atom. The van der Waals surface area contributed by atoms with Crippen LogP contribution in [0.1, 0.15) is 22.3 Å². The summed E-state index contributed by atoms with van der Waals surface area (Å²) in [5, 5.41) is 5.31. The summed E-state index contributed by atoms with van der Waals surface area (Å²) < 4.78 is 4.92. The maximum atomic E-state index is 2.48. The summed E-state index contributed by atoms with van der Waals surface area (Å²) >= 11 is 0. The molecule has 36 heavy (non-hydrogen) atoms. The summed E-state index contributed by atoms with van der Waals surface area (Å²) in [5.74, 6) is 0. The Labute approximate surface area is 211 Å². The molecule has 0 bridgehead atoms. The highest BCUT2D eigenvalue weighted by Crippen LogP contribution is 2.32. The lowest BCUT2D eigenvalue weighted by Crippen LogP contribution is -2.02. The van der Waals surface area contributed by atoms with E-state index in [1.807, 2.05) is 0 Å². The number of para-hydroxylation sites is 2. The largest absolute Gasteiger partial charge is 0.336 e. The molecule has 2 aromatic heterocycles. The Morgan fingerprint density at radius 1 is 0.417 bits per heavy atom. The number of hydrogen-bond donors (Lipinski definition) is 0. The third kappa shape index (κ3) is 3.33. The normalized spacial score (nSPS) is 11.8. The smallest absolute Gasteiger partial charge is 0.0497 e. The second kappa shape index (κ2) is 8.13. The zero-order valence-electron chi connectivity index (χ0n) is 20.7. The van der Waals surface area contributed by atoms with Crippen LogP contribution >= 0.6 is 0 Å². The highest BCUT2D eigenvalue weighted by Gasteiger charge is 2.13. The van der Waals surface area contributed by atoms with Crippen molar-refractivity contribution in [3.63, 3.8) is 0 Å². The van der Waals surface area contributed by atoms with Gasteiger partial charge in [0.2, 0.25) is 0 Å². The van der Waals surface area contributed by atoms with Gasteiger partial charge >= 0.3 is 0 Å². The van der Waals surface area contributed by atoms with Crippen molar-refractivity contribution in [1.29, 1.82) is 0 Å². The van der Waals surface area contributed by atoms with Crippen LogP contribution in [0.2, 0.25) is 0 Å². The van der Waals surface area contributed by atoms with E-state index in [0.29, 0.717) is 0 Å². The topological polar surface area (TPSA) is 9.86 Å². The second-order valence-electron chi connectivity index (χ2n) is 10.1. The van der Waals surface area contributed by atoms with E-state index in [0.717, 1.165) is 13.1 Å². The monoisotopic (exact) mass is 464 g/mol. The number of nitrogens with zero attached hydrogens (tertiary/aromatic N) is 2. The molecule has 0 aliphatic heterocycles. The van der Waals surface area contributed by atoms with Gasteiger partial charge in [-0.25, -0.2) is 0 Å². The van der Waals surface area contributed by atoms with Crippen molar-refractivity contribution in [1.82, 2.24) is 9.13 Å². The van der Waals surface area contributed by atoms with Crippen LogP contribution in [0.3, 0.4) is 0 Å². The maximum absolute atomic E-state index is 2.48. The zero-order chi connectivity index (χ0) is 24.2. The van der Waals surface area contributed by atoms with Crippen LogP contribution in [0.5, 0.6) is 0 Å². The average molecular weight is 465 g/mol. The molecule has 2 heterocycles. The molecule has 2 heteroatoms. The molecular formula is C34H28N2. The summed E-state index contributed by atoms with van der Waals surface area (Å²) in [7, 11) is 0. The van der Waals surface area contributed by atoms with Gasteiger partial charge in [-0.15, -0.1) is 0 Å². The maximum Gasteiger partial charge on any atom is 0.0497 e. The third-order valence-electron chi connectivity index (χ3n) is 7.56. The predicted molar refractivity (Wildman–Crippen MR) is 153 cm³/mol. The minimum absolute atomic E-state index is 0.863. The Bertz CT molecular complexity index is 1790. The fourth-order valence-corrected chi connectivity index (χ4v) is 5.77. The molecule has 0 aliphatic rings. The Balaban J connectivity index is 1.26. The molecule has 0 amide bonds. The molecule has 0 saturated carbocycles. The molecule has 2 nitrogen and oxygen atoms in total. The number of hydrogen-bond acceptors (Lipinski definition) is 0. The van der Waals surface area contributed by atoms with Crippen molar-refractivity contribution in [3.05, 3.63) is 131 Å². The molecule has 0 radical (unpaired) electrons. The van der Waals surface area contributed by atoms with Gasteiger partial charge in [-0.3, -0.25) is 0 Å². The average Bonchev–Trinajstić information content (AvgIpc) is 3.37. The van der Waals surface area contributed by atoms with Crippen LogP contribution in [0, 0.1) is 13.8 Å². The van der Waals surface area contributed by atoms with E-state index in [1.165, 1.54) is 65.9 Å². The van der Waals surface area contributed by atoms with Crippen LogP contribution in [-0.4, -0.2) is 9.13 Å². The van der Waals surface area contributed by atoms with Gasteiger partial charge in [0.05, 0.1) is 0 Å². The van der Waals surface area contributed by atoms with Gasteiger partial charge in [-0.05, 0) is 60.4 Å². The molecule has 0 aliphatic carbocycles. The van der Waals surface area contributed by atoms with Gasteiger partial charge in [-0.2, -0.15) is 0 Å². The summed E-state index contributed by atoms with van der Waals surface area (Å²) in [6, 6.07) is 40.3. The van der Waals surface area contributed by atoms with Gasteiger partial charge in [0, 0.05) is 56.7 Å². The number of rotatable bonds is 4. The van der Waals surface area contributed by atoms with Crippen molar-refractivity contribution in [2.24, 2.45) is 0 Å². The van der Waals surface area contributed by atoms with E-state index in [9.17, 15) is 0 Å². The molecule has 0 fully saturated rings. The fourth-order valence-electron chi connectivity index (χ4n) is 5.77. The van der Waals surface area contributed by atoms with E-state index in [1.54, 1.807) is 0 Å². The Hall–Kier alpha value is -4.30. The van der Waals surface area contributed by atoms with Gasteiger partial charge in [0.25, 0.3) is 0 Å². The van der Waals surface area contributed by atoms with E-state index in [4.69, 9.17) is 0 Å². The first kappa shape index (κ1) is 21.0. The van der Waals surface area contributed by atoms with Gasteiger partial charge in [-0.1, -0.05) is 84.9 Å². The SMILES string of the molecule is Cc1ccc2c3ccc(C)cc3n(Cc3ccc(Cn4c5ccccc5c5ccccc54)cc3)c2c1. The van der Waals surface area contributed by atoms with Crippen LogP contribution in [0.25, 0.3) is 43.6 Å². The first-order valence-electron chi connectivity index (χ1n) is 12.7. The van der Waals surface area contributed by atoms with E-state index in [2.05, 4.69) is 132 Å². The molecule has 5 aromatic carbocycles. The Kier molecular flexibility index (Phi) is 4.75. The van der Waals surface area contributed by atoms with Gasteiger partial charge in [0.1, 0.15) is 0 Å². The third-order valence-corrected chi connectivity index (χ3v) is 7.56. The summed E-state index contributed by atoms with van der Waals surface area (Å²) in [6.07, 6.45) is 0. The highest BCUT2D eigenvalue weighted by molar-refractivity contribution is 6.09. The Morgan fingerprint density at radius 2 is 0.806 bits per heavy atom. The van der Waals surface area contributed by atoms with Crippen molar-refractivity contribution in [3.8, 4) is 0 Å². The van der Waals surface area contributed by atoms with Gasteiger partial charge in [0.15, 0.2) is 0 Å². The first-order valence-corrected chi connectivity index (χ1v) is 12.7. The molecule has 7 rings (SSSR count). The van der Waals surface area contributed by atoms with Crippen molar-refractivity contribution in [2.45, 2.75) is 26.9 Å². The lowest BCUT2D eigenvalue weighted by Gasteiger charge is -2.11. The standard InChI is InChI=1S/C34H28N2/c1-23-11-17-29-30-18-12-24(2)20-34(30)36(33(29)19-23)22-26-15-13-25(14-16-26)21-35-31-9-5-3-7-27(31)28-8-4-6-10-32(28)35/h3-20H,21-22H2,1-2H3. The second-order valence-corrected chi connectivity index (χ2v) is 10.1. The van der Waals surface area contributed by atoms with Crippen LogP contribution in [0.15, 0.2) is 109 Å². The summed E-state index contributed by atoms with van der Waals surface area (Å²) in [6.45, 7) is 6.08. The lowest BCUT2D eigenvalue weighted by atomic mass is 10.1. The summed E-state index contributed by atoms with van der Waals surface area (Å²) in [4.78, 5) is 0. The van der Waals surface area contributed by atoms with E-state index in [-0.39, 0.29) is 0 Å². The molecule has 174 valence electrons. The molecule has 0 saturated heterocycles. The van der Waals surface area contributed by atoms with Crippen LogP contribution in [0.4, 0.5) is 0 Å². The van der Waals surface area contributed by atoms with E-state index < -0.39 is 0 Å². The lowest BCUT2D eigenvalue weighted by molar-refractivity contribution is 0.852. The number of aromatic nitrogens is 2. The molecule has 7 aromatic rings. The predicted octanol–water partition coefficient (Wildman–Crippen LogP) is 8.62. The van der Waals surface area contributed by atoms with E-state index >= 15 is 0 Å². The molecule has 0 atom stereocenters. The molecule has 0 spiro atoms. The molecular weight excluding hydrogens is 436 g/mol. The quantitative estimate of drug-likeness (QED) is 0.247. The van der Waals surface area contributed by atoms with Crippen molar-refractivity contribution >= 4 is 43.6 Å². The fraction of sp³-hybridized carbons (Fsp3) is 0.118. The number of benzene rings is 5.